The highest BCUT2D eigenvalue weighted by Crippen LogP contribution is 2.27. The van der Waals surface area contributed by atoms with Gasteiger partial charge in [0, 0.05) is 19.0 Å². The Balaban J connectivity index is 1.68. The number of aliphatic hydroxyl groups is 1. The van der Waals surface area contributed by atoms with Gasteiger partial charge in [-0.1, -0.05) is 18.2 Å². The van der Waals surface area contributed by atoms with Gasteiger partial charge in [-0.05, 0) is 31.5 Å². The zero-order chi connectivity index (χ0) is 15.6. The zero-order valence-corrected chi connectivity index (χ0v) is 12.8. The van der Waals surface area contributed by atoms with E-state index < -0.39 is 5.60 Å². The second-order valence-corrected chi connectivity index (χ2v) is 6.14. The zero-order valence-electron chi connectivity index (χ0n) is 12.8. The van der Waals surface area contributed by atoms with E-state index in [1.54, 1.807) is 7.05 Å². The molecule has 1 aromatic heterocycles. The summed E-state index contributed by atoms with van der Waals surface area (Å²) in [5.41, 5.74) is -0.0557. The molecular weight excluding hydrogens is 280 g/mol. The highest BCUT2D eigenvalue weighted by molar-refractivity contribution is 5.77. The second kappa shape index (κ2) is 6.10. The molecule has 1 unspecified atom stereocenters. The van der Waals surface area contributed by atoms with Crippen LogP contribution in [0, 0.1) is 0 Å². The lowest BCUT2D eigenvalue weighted by atomic mass is 9.89. The summed E-state index contributed by atoms with van der Waals surface area (Å²) in [6.07, 6.45) is 1.70. The molecule has 0 radical (unpaired) electrons. The van der Waals surface area contributed by atoms with E-state index >= 15 is 0 Å². The largest absolute Gasteiger partial charge is 0.460 e. The van der Waals surface area contributed by atoms with Gasteiger partial charge in [-0.3, -0.25) is 9.69 Å². The molecule has 0 aliphatic carbocycles. The fraction of sp³-hybridized carbons (Fsp3) is 0.471. The molecule has 1 aromatic carbocycles. The summed E-state index contributed by atoms with van der Waals surface area (Å²) in [4.78, 5) is 13.7. The number of carbonyl (C=O) groups is 1. The molecule has 0 spiro atoms. The Bertz CT molecular complexity index is 634. The molecule has 0 bridgehead atoms. The van der Waals surface area contributed by atoms with Crippen LogP contribution in [-0.2, 0) is 11.3 Å². The number of amides is 1. The molecule has 22 heavy (non-hydrogen) atoms. The van der Waals surface area contributed by atoms with Gasteiger partial charge in [-0.25, -0.2) is 0 Å². The molecular formula is C17H22N2O3. The fourth-order valence-corrected chi connectivity index (χ4v) is 3.21. The van der Waals surface area contributed by atoms with Gasteiger partial charge in [0.25, 0.3) is 0 Å². The van der Waals surface area contributed by atoms with Crippen molar-refractivity contribution in [1.29, 1.82) is 0 Å². The van der Waals surface area contributed by atoms with Crippen molar-refractivity contribution in [2.24, 2.45) is 0 Å². The average Bonchev–Trinajstić information content (AvgIpc) is 2.88. The van der Waals surface area contributed by atoms with Crippen LogP contribution in [0.5, 0.6) is 0 Å². The molecule has 1 aliphatic heterocycles. The predicted molar refractivity (Wildman–Crippen MR) is 84.4 cm³/mol. The van der Waals surface area contributed by atoms with E-state index in [1.807, 2.05) is 30.3 Å². The second-order valence-electron chi connectivity index (χ2n) is 6.14. The molecule has 1 amide bonds. The first-order chi connectivity index (χ1) is 10.6. The lowest BCUT2D eigenvalue weighted by Gasteiger charge is -2.38. The molecule has 5 heteroatoms. The van der Waals surface area contributed by atoms with Crippen LogP contribution in [-0.4, -0.2) is 41.7 Å². The van der Waals surface area contributed by atoms with Crippen molar-refractivity contribution in [2.45, 2.75) is 31.4 Å². The normalized spacial score (nSPS) is 22.8. The van der Waals surface area contributed by atoms with Gasteiger partial charge >= 0.3 is 0 Å². The number of furan rings is 1. The molecule has 2 N–H and O–H groups in total. The fourth-order valence-electron chi connectivity index (χ4n) is 3.21. The molecule has 1 saturated heterocycles. The van der Waals surface area contributed by atoms with Crippen molar-refractivity contribution in [3.8, 4) is 0 Å². The highest BCUT2D eigenvalue weighted by Gasteiger charge is 2.35. The summed E-state index contributed by atoms with van der Waals surface area (Å²) in [5.74, 6) is 0.776. The van der Waals surface area contributed by atoms with Crippen LogP contribution in [0.3, 0.4) is 0 Å². The Morgan fingerprint density at radius 2 is 2.27 bits per heavy atom. The molecule has 2 heterocycles. The predicted octanol–water partition coefficient (Wildman–Crippen LogP) is 1.90. The Morgan fingerprint density at radius 1 is 1.45 bits per heavy atom. The quantitative estimate of drug-likeness (QED) is 0.905. The number of β-amino-alcohol motifs (C(OH)–C–C–N with tert-alkyl or cyclic N) is 1. The summed E-state index contributed by atoms with van der Waals surface area (Å²) in [7, 11) is 1.60. The third kappa shape index (κ3) is 3.31. The van der Waals surface area contributed by atoms with Crippen molar-refractivity contribution in [1.82, 2.24) is 10.2 Å². The van der Waals surface area contributed by atoms with Crippen LogP contribution in [0.2, 0.25) is 0 Å². The Kier molecular flexibility index (Phi) is 4.18. The third-order valence-corrected chi connectivity index (χ3v) is 4.26. The van der Waals surface area contributed by atoms with E-state index in [0.717, 1.165) is 29.7 Å². The minimum Gasteiger partial charge on any atom is -0.460 e. The number of benzene rings is 1. The number of nitrogens with one attached hydrogen (secondary N) is 1. The molecule has 2 aromatic rings. The standard InChI is InChI=1S/C17H22N2O3/c1-18-16(20)10-17(21)7-4-8-19(12-17)11-14-9-13-5-2-3-6-15(13)22-14/h2-3,5-6,9,21H,4,7-8,10-12H2,1H3,(H,18,20). The Labute approximate surface area is 129 Å². The molecule has 1 atom stereocenters. The number of hydrogen-bond acceptors (Lipinski definition) is 4. The third-order valence-electron chi connectivity index (χ3n) is 4.26. The smallest absolute Gasteiger partial charge is 0.222 e. The first-order valence-electron chi connectivity index (χ1n) is 7.71. The van der Waals surface area contributed by atoms with Crippen LogP contribution in [0.25, 0.3) is 11.0 Å². The van der Waals surface area contributed by atoms with E-state index in [0.29, 0.717) is 19.5 Å². The number of likely N-dealkylation sites (tertiary alicyclic amines) is 1. The molecule has 1 aliphatic rings. The minimum absolute atomic E-state index is 0.118. The highest BCUT2D eigenvalue weighted by atomic mass is 16.3. The summed E-state index contributed by atoms with van der Waals surface area (Å²) in [5, 5.41) is 14.3. The van der Waals surface area contributed by atoms with Gasteiger partial charge in [-0.2, -0.15) is 0 Å². The van der Waals surface area contributed by atoms with Crippen LogP contribution in [0.1, 0.15) is 25.0 Å². The molecule has 1 fully saturated rings. The van der Waals surface area contributed by atoms with E-state index in [4.69, 9.17) is 4.42 Å². The lowest BCUT2D eigenvalue weighted by molar-refractivity contribution is -0.128. The number of hydrogen-bond donors (Lipinski definition) is 2. The van der Waals surface area contributed by atoms with Gasteiger partial charge in [0.15, 0.2) is 0 Å². The van der Waals surface area contributed by atoms with Crippen molar-refractivity contribution >= 4 is 16.9 Å². The number of nitrogens with zero attached hydrogens (tertiary/aromatic N) is 1. The summed E-state index contributed by atoms with van der Waals surface area (Å²) < 4.78 is 5.84. The minimum atomic E-state index is -0.940. The maximum atomic E-state index is 11.6. The van der Waals surface area contributed by atoms with Gasteiger partial charge in [-0.15, -0.1) is 0 Å². The number of para-hydroxylation sites is 1. The first-order valence-corrected chi connectivity index (χ1v) is 7.71. The number of rotatable bonds is 4. The van der Waals surface area contributed by atoms with Crippen molar-refractivity contribution in [3.63, 3.8) is 0 Å². The maximum Gasteiger partial charge on any atom is 0.222 e. The van der Waals surface area contributed by atoms with Crippen LogP contribution in [0.15, 0.2) is 34.7 Å². The number of fused-ring (bicyclic) bond motifs is 1. The summed E-state index contributed by atoms with van der Waals surface area (Å²) >= 11 is 0. The van der Waals surface area contributed by atoms with Crippen LogP contribution >= 0.6 is 0 Å². The van der Waals surface area contributed by atoms with Crippen LogP contribution in [0.4, 0.5) is 0 Å². The van der Waals surface area contributed by atoms with E-state index in [2.05, 4.69) is 10.2 Å². The molecule has 0 saturated carbocycles. The van der Waals surface area contributed by atoms with Crippen LogP contribution < -0.4 is 5.32 Å². The molecule has 118 valence electrons. The van der Waals surface area contributed by atoms with Crippen molar-refractivity contribution in [2.75, 3.05) is 20.1 Å². The van der Waals surface area contributed by atoms with E-state index in [1.165, 1.54) is 0 Å². The summed E-state index contributed by atoms with van der Waals surface area (Å²) in [6, 6.07) is 9.97. The van der Waals surface area contributed by atoms with Crippen molar-refractivity contribution < 1.29 is 14.3 Å². The summed E-state index contributed by atoms with van der Waals surface area (Å²) in [6.45, 7) is 2.06. The topological polar surface area (TPSA) is 65.7 Å². The Hall–Kier alpha value is -1.85. The van der Waals surface area contributed by atoms with Crippen molar-refractivity contribution in [3.05, 3.63) is 36.1 Å². The van der Waals surface area contributed by atoms with Gasteiger partial charge < -0.3 is 14.8 Å². The molecule has 3 rings (SSSR count). The van der Waals surface area contributed by atoms with E-state index in [-0.39, 0.29) is 12.3 Å². The van der Waals surface area contributed by atoms with Gasteiger partial charge in [0.1, 0.15) is 11.3 Å². The Morgan fingerprint density at radius 3 is 3.05 bits per heavy atom. The van der Waals surface area contributed by atoms with Gasteiger partial charge in [0.2, 0.25) is 5.91 Å². The number of piperidine rings is 1. The lowest BCUT2D eigenvalue weighted by Crippen LogP contribution is -2.49. The number of carbonyl (C=O) groups excluding carboxylic acids is 1. The monoisotopic (exact) mass is 302 g/mol. The molecule has 5 nitrogen and oxygen atoms in total. The SMILES string of the molecule is CNC(=O)CC1(O)CCCN(Cc2cc3ccccc3o2)C1. The first kappa shape index (κ1) is 15.1. The maximum absolute atomic E-state index is 11.6. The average molecular weight is 302 g/mol. The van der Waals surface area contributed by atoms with E-state index in [9.17, 15) is 9.90 Å². The van der Waals surface area contributed by atoms with Gasteiger partial charge in [0.05, 0.1) is 18.6 Å².